The first kappa shape index (κ1) is 22.5. The number of ether oxygens (including phenoxy) is 3. The molecule has 1 aliphatic rings. The van der Waals surface area contributed by atoms with Crippen molar-refractivity contribution in [3.8, 4) is 23.1 Å². The summed E-state index contributed by atoms with van der Waals surface area (Å²) in [7, 11) is 6.02. The van der Waals surface area contributed by atoms with Crippen LogP contribution >= 0.6 is 11.8 Å². The SMILES string of the molecule is COc1ccc(C2CC(c3c(O)n(C)c(=O)[nH]c3=O)=Nc3ccccc3S2)c(OC)c1OC. The maximum absolute atomic E-state index is 12.7. The van der Waals surface area contributed by atoms with Gasteiger partial charge in [0.1, 0.15) is 5.56 Å². The van der Waals surface area contributed by atoms with Crippen molar-refractivity contribution in [3.05, 3.63) is 68.4 Å². The van der Waals surface area contributed by atoms with Gasteiger partial charge in [-0.05, 0) is 18.2 Å². The van der Waals surface area contributed by atoms with E-state index in [4.69, 9.17) is 19.2 Å². The number of benzene rings is 2. The minimum absolute atomic E-state index is 0.0427. The summed E-state index contributed by atoms with van der Waals surface area (Å²) >= 11 is 1.56. The Hall–Kier alpha value is -3.66. The number of aromatic amines is 1. The average molecular weight is 470 g/mol. The molecule has 0 fully saturated rings. The average Bonchev–Trinajstić information content (AvgIpc) is 3.01. The molecule has 0 radical (unpaired) electrons. The van der Waals surface area contributed by atoms with Gasteiger partial charge in [-0.3, -0.25) is 19.3 Å². The van der Waals surface area contributed by atoms with Crippen LogP contribution in [-0.4, -0.2) is 41.7 Å². The highest BCUT2D eigenvalue weighted by atomic mass is 32.2. The summed E-state index contributed by atoms with van der Waals surface area (Å²) in [6.07, 6.45) is 0.278. The van der Waals surface area contributed by atoms with Crippen LogP contribution in [0.15, 0.2) is 55.9 Å². The summed E-state index contributed by atoms with van der Waals surface area (Å²) in [4.78, 5) is 32.5. The maximum atomic E-state index is 12.7. The number of aromatic nitrogens is 2. The molecule has 1 aromatic heterocycles. The molecule has 33 heavy (non-hydrogen) atoms. The number of aliphatic imine (C=N–C) groups is 1. The van der Waals surface area contributed by atoms with Gasteiger partial charge in [-0.2, -0.15) is 0 Å². The topological polar surface area (TPSA) is 115 Å². The molecule has 2 heterocycles. The maximum Gasteiger partial charge on any atom is 0.330 e. The fourth-order valence-corrected chi connectivity index (χ4v) is 5.04. The summed E-state index contributed by atoms with van der Waals surface area (Å²) in [5, 5.41) is 10.4. The summed E-state index contributed by atoms with van der Waals surface area (Å²) in [6.45, 7) is 0. The minimum atomic E-state index is -0.705. The van der Waals surface area contributed by atoms with Crippen molar-refractivity contribution in [3.63, 3.8) is 0 Å². The molecule has 10 heteroatoms. The third kappa shape index (κ3) is 3.97. The molecular weight excluding hydrogens is 446 g/mol. The number of thioether (sulfide) groups is 1. The van der Waals surface area contributed by atoms with Crippen LogP contribution in [0.1, 0.15) is 22.8 Å². The summed E-state index contributed by atoms with van der Waals surface area (Å²) < 4.78 is 17.6. The van der Waals surface area contributed by atoms with Crippen molar-refractivity contribution in [2.24, 2.45) is 12.0 Å². The van der Waals surface area contributed by atoms with E-state index in [1.54, 1.807) is 32.0 Å². The van der Waals surface area contributed by atoms with E-state index in [-0.39, 0.29) is 17.2 Å². The van der Waals surface area contributed by atoms with Crippen LogP contribution in [0.2, 0.25) is 0 Å². The van der Waals surface area contributed by atoms with Crippen molar-refractivity contribution < 1.29 is 19.3 Å². The van der Waals surface area contributed by atoms with E-state index in [1.165, 1.54) is 14.2 Å². The lowest BCUT2D eigenvalue weighted by Gasteiger charge is -2.22. The van der Waals surface area contributed by atoms with E-state index in [0.29, 0.717) is 28.6 Å². The van der Waals surface area contributed by atoms with E-state index in [9.17, 15) is 14.7 Å². The number of nitrogens with zero attached hydrogens (tertiary/aromatic N) is 2. The predicted octanol–water partition coefficient (Wildman–Crippen LogP) is 3.16. The molecule has 3 aromatic rings. The van der Waals surface area contributed by atoms with Crippen LogP contribution < -0.4 is 25.5 Å². The first-order chi connectivity index (χ1) is 15.9. The molecule has 0 saturated carbocycles. The molecule has 0 amide bonds. The van der Waals surface area contributed by atoms with Gasteiger partial charge in [-0.1, -0.05) is 18.2 Å². The molecule has 0 bridgehead atoms. The molecule has 0 saturated heterocycles. The van der Waals surface area contributed by atoms with Gasteiger partial charge in [0.15, 0.2) is 11.5 Å². The van der Waals surface area contributed by atoms with Crippen molar-refractivity contribution in [2.75, 3.05) is 21.3 Å². The van der Waals surface area contributed by atoms with Gasteiger partial charge < -0.3 is 19.3 Å². The fourth-order valence-electron chi connectivity index (χ4n) is 3.79. The van der Waals surface area contributed by atoms with E-state index in [2.05, 4.69) is 4.98 Å². The molecule has 172 valence electrons. The predicted molar refractivity (Wildman–Crippen MR) is 126 cm³/mol. The Morgan fingerprint density at radius 2 is 1.79 bits per heavy atom. The number of para-hydroxylation sites is 1. The third-order valence-electron chi connectivity index (χ3n) is 5.43. The van der Waals surface area contributed by atoms with Crippen LogP contribution in [-0.2, 0) is 7.05 Å². The molecule has 2 aromatic carbocycles. The van der Waals surface area contributed by atoms with Gasteiger partial charge >= 0.3 is 5.69 Å². The van der Waals surface area contributed by atoms with Crippen LogP contribution in [0.25, 0.3) is 0 Å². The fraction of sp³-hybridized carbons (Fsp3) is 0.261. The van der Waals surface area contributed by atoms with Crippen molar-refractivity contribution in [2.45, 2.75) is 16.6 Å². The van der Waals surface area contributed by atoms with E-state index < -0.39 is 17.1 Å². The Labute approximate surface area is 193 Å². The van der Waals surface area contributed by atoms with Gasteiger partial charge in [-0.25, -0.2) is 4.79 Å². The number of fused-ring (bicyclic) bond motifs is 1. The van der Waals surface area contributed by atoms with Gasteiger partial charge in [0.25, 0.3) is 5.56 Å². The lowest BCUT2D eigenvalue weighted by atomic mass is 10.0. The van der Waals surface area contributed by atoms with E-state index in [1.807, 2.05) is 30.3 Å². The molecule has 9 nitrogen and oxygen atoms in total. The van der Waals surface area contributed by atoms with Crippen molar-refractivity contribution in [1.82, 2.24) is 9.55 Å². The standard InChI is InChI=1S/C23H23N3O6S/c1-26-22(28)18(21(27)25-23(26)29)14-11-17(33-16-8-6-5-7-13(16)24-14)12-9-10-15(30-2)20(32-4)19(12)31-3/h5-10,17,28H,11H2,1-4H3,(H,25,27,29). The Bertz CT molecular complexity index is 1360. The molecule has 1 unspecified atom stereocenters. The summed E-state index contributed by atoms with van der Waals surface area (Å²) in [6, 6.07) is 11.2. The van der Waals surface area contributed by atoms with E-state index in [0.717, 1.165) is 15.0 Å². The lowest BCUT2D eigenvalue weighted by Crippen LogP contribution is -2.32. The van der Waals surface area contributed by atoms with Crippen LogP contribution in [0.4, 0.5) is 5.69 Å². The van der Waals surface area contributed by atoms with Crippen LogP contribution in [0.3, 0.4) is 0 Å². The summed E-state index contributed by atoms with van der Waals surface area (Å²) in [5.74, 6) is 1.05. The molecule has 1 atom stereocenters. The van der Waals surface area contributed by atoms with E-state index >= 15 is 0 Å². The Morgan fingerprint density at radius 3 is 2.48 bits per heavy atom. The number of aromatic hydroxyl groups is 1. The highest BCUT2D eigenvalue weighted by Gasteiger charge is 2.30. The number of hydrogen-bond acceptors (Lipinski definition) is 8. The van der Waals surface area contributed by atoms with Gasteiger partial charge in [0.05, 0.1) is 32.7 Å². The number of methoxy groups -OCH3 is 3. The summed E-state index contributed by atoms with van der Waals surface area (Å²) in [5.41, 5.74) is 0.375. The number of nitrogens with one attached hydrogen (secondary N) is 1. The molecular formula is C23H23N3O6S. The van der Waals surface area contributed by atoms with Gasteiger partial charge in [0.2, 0.25) is 11.6 Å². The van der Waals surface area contributed by atoms with Gasteiger partial charge in [0, 0.05) is 29.2 Å². The van der Waals surface area contributed by atoms with Crippen LogP contribution in [0, 0.1) is 0 Å². The number of H-pyrrole nitrogens is 1. The molecule has 2 N–H and O–H groups in total. The zero-order chi connectivity index (χ0) is 23.7. The molecule has 4 rings (SSSR count). The molecule has 1 aliphatic heterocycles. The zero-order valence-corrected chi connectivity index (χ0v) is 19.4. The van der Waals surface area contributed by atoms with Crippen molar-refractivity contribution in [1.29, 1.82) is 0 Å². The Morgan fingerprint density at radius 1 is 1.06 bits per heavy atom. The quantitative estimate of drug-likeness (QED) is 0.590. The number of hydrogen-bond donors (Lipinski definition) is 2. The first-order valence-corrected chi connectivity index (χ1v) is 10.9. The second-order valence-corrected chi connectivity index (χ2v) is 8.52. The monoisotopic (exact) mass is 469 g/mol. The first-order valence-electron chi connectivity index (χ1n) is 10.0. The second-order valence-electron chi connectivity index (χ2n) is 7.28. The van der Waals surface area contributed by atoms with Crippen LogP contribution in [0.5, 0.6) is 23.1 Å². The lowest BCUT2D eigenvalue weighted by molar-refractivity contribution is 0.322. The number of rotatable bonds is 5. The second kappa shape index (κ2) is 9.07. The zero-order valence-electron chi connectivity index (χ0n) is 18.5. The van der Waals surface area contributed by atoms with Crippen molar-refractivity contribution >= 4 is 23.2 Å². The third-order valence-corrected chi connectivity index (χ3v) is 6.74. The largest absolute Gasteiger partial charge is 0.494 e. The smallest absolute Gasteiger partial charge is 0.330 e. The minimum Gasteiger partial charge on any atom is -0.494 e. The normalized spacial score (nSPS) is 15.3. The highest BCUT2D eigenvalue weighted by Crippen LogP contribution is 2.51. The molecule has 0 spiro atoms. The Balaban J connectivity index is 1.93. The Kier molecular flexibility index (Phi) is 6.19. The van der Waals surface area contributed by atoms with Gasteiger partial charge in [-0.15, -0.1) is 11.8 Å². The molecule has 0 aliphatic carbocycles. The highest BCUT2D eigenvalue weighted by molar-refractivity contribution is 7.99.